The van der Waals surface area contributed by atoms with Crippen LogP contribution in [0, 0.1) is 0 Å². The molecule has 1 aliphatic heterocycles. The Balaban J connectivity index is 1.49. The predicted molar refractivity (Wildman–Crippen MR) is 121 cm³/mol. The number of nitrogens with zero attached hydrogens (tertiary/aromatic N) is 1. The van der Waals surface area contributed by atoms with E-state index in [0.717, 1.165) is 5.56 Å². The number of rotatable bonds is 4. The van der Waals surface area contributed by atoms with Gasteiger partial charge in [0, 0.05) is 29.3 Å². The Morgan fingerprint density at radius 3 is 2.70 bits per heavy atom. The van der Waals surface area contributed by atoms with Gasteiger partial charge in [-0.2, -0.15) is 0 Å². The number of benzene rings is 2. The minimum absolute atomic E-state index is 0.140. The van der Waals surface area contributed by atoms with E-state index in [2.05, 4.69) is 15.6 Å². The van der Waals surface area contributed by atoms with Crippen molar-refractivity contribution in [3.05, 3.63) is 76.4 Å². The molecule has 0 bridgehead atoms. The molecule has 1 saturated heterocycles. The highest BCUT2D eigenvalue weighted by Gasteiger charge is 2.24. The molecule has 1 aromatic heterocycles. The van der Waals surface area contributed by atoms with Crippen molar-refractivity contribution in [1.29, 1.82) is 0 Å². The maximum absolute atomic E-state index is 12.3. The number of hydrogen-bond acceptors (Lipinski definition) is 5. The lowest BCUT2D eigenvalue weighted by Gasteiger charge is -2.02. The van der Waals surface area contributed by atoms with Crippen molar-refractivity contribution in [2.24, 2.45) is 4.99 Å². The molecule has 0 radical (unpaired) electrons. The van der Waals surface area contributed by atoms with Gasteiger partial charge in [-0.15, -0.1) is 0 Å². The number of anilines is 1. The van der Waals surface area contributed by atoms with Crippen LogP contribution < -0.4 is 10.6 Å². The van der Waals surface area contributed by atoms with Crippen LogP contribution >= 0.6 is 23.4 Å². The lowest BCUT2D eigenvalue weighted by atomic mass is 10.2. The molecule has 0 unspecified atom stereocenters. The van der Waals surface area contributed by atoms with Gasteiger partial charge in [0.1, 0.15) is 11.5 Å². The monoisotopic (exact) mass is 437 g/mol. The van der Waals surface area contributed by atoms with Crippen molar-refractivity contribution in [2.45, 2.75) is 6.92 Å². The van der Waals surface area contributed by atoms with Crippen molar-refractivity contribution in [1.82, 2.24) is 5.32 Å². The van der Waals surface area contributed by atoms with Crippen molar-refractivity contribution in [2.75, 3.05) is 5.32 Å². The molecule has 2 heterocycles. The molecule has 150 valence electrons. The number of amides is 2. The summed E-state index contributed by atoms with van der Waals surface area (Å²) < 4.78 is 5.83. The number of thioether (sulfide) groups is 1. The molecular weight excluding hydrogens is 422 g/mol. The fourth-order valence-corrected chi connectivity index (χ4v) is 3.79. The second kappa shape index (κ2) is 8.61. The lowest BCUT2D eigenvalue weighted by Crippen LogP contribution is -2.19. The van der Waals surface area contributed by atoms with Gasteiger partial charge in [0.05, 0.1) is 10.6 Å². The van der Waals surface area contributed by atoms with Gasteiger partial charge in [-0.1, -0.05) is 23.7 Å². The topological polar surface area (TPSA) is 83.7 Å². The molecule has 8 heteroatoms. The third kappa shape index (κ3) is 4.82. The first-order chi connectivity index (χ1) is 14.5. The van der Waals surface area contributed by atoms with E-state index >= 15 is 0 Å². The molecule has 1 fully saturated rings. The van der Waals surface area contributed by atoms with Crippen LogP contribution in [0.5, 0.6) is 0 Å². The summed E-state index contributed by atoms with van der Waals surface area (Å²) in [7, 11) is 0. The first-order valence-corrected chi connectivity index (χ1v) is 10.2. The molecule has 0 saturated carbocycles. The van der Waals surface area contributed by atoms with Crippen LogP contribution in [-0.2, 0) is 9.59 Å². The average molecular weight is 438 g/mol. The molecule has 0 aliphatic carbocycles. The largest absolute Gasteiger partial charge is 0.457 e. The second-order valence-corrected chi connectivity index (χ2v) is 7.89. The molecule has 4 rings (SSSR count). The first kappa shape index (κ1) is 20.0. The first-order valence-electron chi connectivity index (χ1n) is 8.99. The number of furan rings is 1. The zero-order valence-corrected chi connectivity index (χ0v) is 17.4. The smallest absolute Gasteiger partial charge is 0.264 e. The molecule has 6 nitrogen and oxygen atoms in total. The summed E-state index contributed by atoms with van der Waals surface area (Å²) in [5, 5.41) is 6.53. The maximum atomic E-state index is 12.3. The third-order valence-electron chi connectivity index (χ3n) is 4.08. The Kier molecular flexibility index (Phi) is 5.74. The summed E-state index contributed by atoms with van der Waals surface area (Å²) in [4.78, 5) is 28.3. The SMILES string of the molecule is CC(=O)Nc1ccc(N=C2NC(=O)C(=Cc3ccc(-c4cccc(Cl)c4)o3)S2)cc1. The van der Waals surface area contributed by atoms with E-state index in [4.69, 9.17) is 16.0 Å². The van der Waals surface area contributed by atoms with E-state index in [1.165, 1.54) is 18.7 Å². The Hall–Kier alpha value is -3.29. The summed E-state index contributed by atoms with van der Waals surface area (Å²) in [5.74, 6) is 0.845. The van der Waals surface area contributed by atoms with Gasteiger partial charge in [-0.05, 0) is 60.3 Å². The molecule has 3 aromatic rings. The number of carbonyl (C=O) groups excluding carboxylic acids is 2. The highest BCUT2D eigenvalue weighted by atomic mass is 35.5. The summed E-state index contributed by atoms with van der Waals surface area (Å²) in [6.07, 6.45) is 1.68. The summed E-state index contributed by atoms with van der Waals surface area (Å²) in [5.41, 5.74) is 2.21. The van der Waals surface area contributed by atoms with Crippen molar-refractivity contribution >= 4 is 57.8 Å². The van der Waals surface area contributed by atoms with Crippen LogP contribution in [0.15, 0.2) is 75.0 Å². The lowest BCUT2D eigenvalue weighted by molar-refractivity contribution is -0.115. The molecule has 0 atom stereocenters. The van der Waals surface area contributed by atoms with Crippen LogP contribution in [-0.4, -0.2) is 17.0 Å². The standard InChI is InChI=1S/C22H16ClN3O3S/c1-13(27)24-16-5-7-17(8-6-16)25-22-26-21(28)20(30-22)12-18-9-10-19(29-18)14-3-2-4-15(23)11-14/h2-12H,1H3,(H,24,27)(H,25,26,28). The molecule has 2 aromatic carbocycles. The van der Waals surface area contributed by atoms with Crippen LogP contribution in [0.1, 0.15) is 12.7 Å². The van der Waals surface area contributed by atoms with Gasteiger partial charge in [0.25, 0.3) is 5.91 Å². The van der Waals surface area contributed by atoms with Gasteiger partial charge >= 0.3 is 0 Å². The fraction of sp³-hybridized carbons (Fsp3) is 0.0455. The Morgan fingerprint density at radius 2 is 1.97 bits per heavy atom. The van der Waals surface area contributed by atoms with Gasteiger partial charge in [0.15, 0.2) is 5.17 Å². The molecule has 2 N–H and O–H groups in total. The Morgan fingerprint density at radius 1 is 1.17 bits per heavy atom. The van der Waals surface area contributed by atoms with Crippen LogP contribution in [0.2, 0.25) is 5.02 Å². The number of amidine groups is 1. The van der Waals surface area contributed by atoms with Gasteiger partial charge in [-0.3, -0.25) is 9.59 Å². The zero-order chi connectivity index (χ0) is 21.1. The number of nitrogens with one attached hydrogen (secondary N) is 2. The third-order valence-corrected chi connectivity index (χ3v) is 5.22. The zero-order valence-electron chi connectivity index (χ0n) is 15.8. The van der Waals surface area contributed by atoms with E-state index < -0.39 is 0 Å². The van der Waals surface area contributed by atoms with Crippen molar-refractivity contribution in [3.8, 4) is 11.3 Å². The van der Waals surface area contributed by atoms with E-state index in [9.17, 15) is 9.59 Å². The summed E-state index contributed by atoms with van der Waals surface area (Å²) >= 11 is 7.26. The Bertz CT molecular complexity index is 1180. The number of halogens is 1. The second-order valence-electron chi connectivity index (χ2n) is 6.42. The Labute approximate surface area is 182 Å². The molecule has 0 spiro atoms. The van der Waals surface area contributed by atoms with Gasteiger partial charge in [-0.25, -0.2) is 4.99 Å². The average Bonchev–Trinajstić information content (AvgIpc) is 3.30. The van der Waals surface area contributed by atoms with Crippen LogP contribution in [0.3, 0.4) is 0 Å². The fourth-order valence-electron chi connectivity index (χ4n) is 2.78. The minimum atomic E-state index is -0.241. The van der Waals surface area contributed by atoms with E-state index in [-0.39, 0.29) is 11.8 Å². The van der Waals surface area contributed by atoms with Gasteiger partial charge < -0.3 is 15.1 Å². The van der Waals surface area contributed by atoms with Crippen molar-refractivity contribution in [3.63, 3.8) is 0 Å². The van der Waals surface area contributed by atoms with Crippen LogP contribution in [0.25, 0.3) is 17.4 Å². The molecule has 2 amide bonds. The summed E-state index contributed by atoms with van der Waals surface area (Å²) in [6, 6.07) is 18.0. The van der Waals surface area contributed by atoms with Gasteiger partial charge in [0.2, 0.25) is 5.91 Å². The van der Waals surface area contributed by atoms with E-state index in [0.29, 0.717) is 38.0 Å². The normalized spacial score (nSPS) is 16.1. The van der Waals surface area contributed by atoms with E-state index in [1.807, 2.05) is 24.3 Å². The highest BCUT2D eigenvalue weighted by Crippen LogP contribution is 2.30. The predicted octanol–water partition coefficient (Wildman–Crippen LogP) is 5.45. The van der Waals surface area contributed by atoms with Crippen LogP contribution in [0.4, 0.5) is 11.4 Å². The van der Waals surface area contributed by atoms with E-state index in [1.54, 1.807) is 42.5 Å². The highest BCUT2D eigenvalue weighted by molar-refractivity contribution is 8.18. The quantitative estimate of drug-likeness (QED) is 0.531. The van der Waals surface area contributed by atoms with Crippen molar-refractivity contribution < 1.29 is 14.0 Å². The minimum Gasteiger partial charge on any atom is -0.457 e. The number of carbonyl (C=O) groups is 2. The molecular formula is C22H16ClN3O3S. The number of hydrogen-bond donors (Lipinski definition) is 2. The molecule has 30 heavy (non-hydrogen) atoms. The molecule has 1 aliphatic rings. The summed E-state index contributed by atoms with van der Waals surface area (Å²) in [6.45, 7) is 1.45. The maximum Gasteiger partial charge on any atom is 0.264 e. The number of aliphatic imine (C=N–C) groups is 1.